The van der Waals surface area contributed by atoms with E-state index in [4.69, 9.17) is 0 Å². The number of H-pyrrole nitrogens is 1. The average Bonchev–Trinajstić information content (AvgIpc) is 3.43. The molecule has 1 fully saturated rings. The van der Waals surface area contributed by atoms with Crippen LogP contribution in [-0.4, -0.2) is 55.1 Å². The minimum Gasteiger partial charge on any atom is -0.391 e. The first-order chi connectivity index (χ1) is 15.0. The van der Waals surface area contributed by atoms with Crippen molar-refractivity contribution in [3.8, 4) is 16.9 Å². The lowest BCUT2D eigenvalue weighted by molar-refractivity contribution is 0.0765. The van der Waals surface area contributed by atoms with Crippen molar-refractivity contribution in [2.24, 2.45) is 0 Å². The summed E-state index contributed by atoms with van der Waals surface area (Å²) >= 11 is 0. The van der Waals surface area contributed by atoms with E-state index in [0.717, 1.165) is 0 Å². The number of pyridine rings is 1. The van der Waals surface area contributed by atoms with E-state index in [-0.39, 0.29) is 17.0 Å². The molecule has 2 aromatic carbocycles. The van der Waals surface area contributed by atoms with Gasteiger partial charge in [-0.05, 0) is 55.0 Å². The van der Waals surface area contributed by atoms with Crippen LogP contribution in [0.5, 0.6) is 0 Å². The lowest BCUT2D eigenvalue weighted by Crippen LogP contribution is -2.29. The average molecular weight is 419 g/mol. The zero-order chi connectivity index (χ0) is 21.5. The number of amides is 1. The van der Waals surface area contributed by atoms with Gasteiger partial charge < -0.3 is 15.0 Å². The summed E-state index contributed by atoms with van der Waals surface area (Å²) in [4.78, 5) is 29.3. The second-order valence-electron chi connectivity index (χ2n) is 7.53. The summed E-state index contributed by atoms with van der Waals surface area (Å²) in [5.41, 5.74) is 2.00. The number of likely N-dealkylation sites (tertiary alicyclic amines) is 1. The summed E-state index contributed by atoms with van der Waals surface area (Å²) in [6, 6.07) is 12.6. The molecule has 0 radical (unpaired) electrons. The number of aliphatic hydroxyl groups is 1. The lowest BCUT2D eigenvalue weighted by atomic mass is 10.1. The molecule has 156 valence electrons. The van der Waals surface area contributed by atoms with Crippen LogP contribution in [0.25, 0.3) is 27.8 Å². The molecule has 0 bridgehead atoms. The molecule has 9 heteroatoms. The van der Waals surface area contributed by atoms with Gasteiger partial charge in [0.25, 0.3) is 11.5 Å². The summed E-state index contributed by atoms with van der Waals surface area (Å²) in [5, 5.41) is 18.3. The van der Waals surface area contributed by atoms with Gasteiger partial charge in [0.05, 0.1) is 23.6 Å². The highest BCUT2D eigenvalue weighted by molar-refractivity contribution is 5.94. The quantitative estimate of drug-likeness (QED) is 0.529. The van der Waals surface area contributed by atoms with Gasteiger partial charge >= 0.3 is 0 Å². The van der Waals surface area contributed by atoms with Gasteiger partial charge in [0, 0.05) is 29.6 Å². The summed E-state index contributed by atoms with van der Waals surface area (Å²) in [6.07, 6.45) is 1.72. The molecular weight excluding hydrogens is 401 g/mol. The van der Waals surface area contributed by atoms with Gasteiger partial charge in [-0.25, -0.2) is 9.07 Å². The van der Waals surface area contributed by atoms with Crippen LogP contribution in [0.1, 0.15) is 16.8 Å². The summed E-state index contributed by atoms with van der Waals surface area (Å²) in [5.74, 6) is -0.524. The Hall–Kier alpha value is -3.85. The number of aromatic nitrogens is 4. The molecule has 5 rings (SSSR count). The van der Waals surface area contributed by atoms with E-state index < -0.39 is 11.9 Å². The van der Waals surface area contributed by atoms with Crippen molar-refractivity contribution >= 4 is 16.8 Å². The zero-order valence-corrected chi connectivity index (χ0v) is 16.3. The standard InChI is InChI=1S/C22H18FN5O3/c23-15-3-6-19-14(9-15)10-18(21(30)24-19)20-12-28(26-25-20)16-4-1-13(2-5-16)22(31)27-8-7-17(29)11-27/h1-6,9-10,12,17,29H,7-8,11H2,(H,24,30)/t17-/m1/s1. The number of hydrogen-bond donors (Lipinski definition) is 2. The van der Waals surface area contributed by atoms with Gasteiger partial charge in [0.1, 0.15) is 11.5 Å². The van der Waals surface area contributed by atoms with Crippen LogP contribution in [-0.2, 0) is 0 Å². The molecule has 0 saturated carbocycles. The van der Waals surface area contributed by atoms with Crippen LogP contribution in [0.4, 0.5) is 4.39 Å². The molecule has 3 heterocycles. The molecule has 2 N–H and O–H groups in total. The maximum Gasteiger partial charge on any atom is 0.258 e. The monoisotopic (exact) mass is 419 g/mol. The number of nitrogens with one attached hydrogen (secondary N) is 1. The van der Waals surface area contributed by atoms with Crippen LogP contribution >= 0.6 is 0 Å². The van der Waals surface area contributed by atoms with E-state index in [1.54, 1.807) is 41.4 Å². The molecule has 1 amide bonds. The number of benzene rings is 2. The molecule has 31 heavy (non-hydrogen) atoms. The third-order valence-electron chi connectivity index (χ3n) is 5.41. The number of fused-ring (bicyclic) bond motifs is 1. The Balaban J connectivity index is 1.42. The van der Waals surface area contributed by atoms with Gasteiger partial charge in [0.2, 0.25) is 0 Å². The van der Waals surface area contributed by atoms with Gasteiger partial charge in [-0.3, -0.25) is 9.59 Å². The Labute approximate surface area is 175 Å². The number of halogens is 1. The second kappa shape index (κ2) is 7.44. The lowest BCUT2D eigenvalue weighted by Gasteiger charge is -2.15. The maximum absolute atomic E-state index is 13.5. The van der Waals surface area contributed by atoms with Gasteiger partial charge in [-0.15, -0.1) is 5.10 Å². The zero-order valence-electron chi connectivity index (χ0n) is 16.3. The minimum atomic E-state index is -0.466. The number of hydrogen-bond acceptors (Lipinski definition) is 5. The van der Waals surface area contributed by atoms with E-state index in [0.29, 0.717) is 47.4 Å². The molecule has 0 unspecified atom stereocenters. The topological polar surface area (TPSA) is 104 Å². The molecule has 2 aromatic heterocycles. The van der Waals surface area contributed by atoms with E-state index in [9.17, 15) is 19.1 Å². The predicted molar refractivity (Wildman–Crippen MR) is 111 cm³/mol. The Morgan fingerprint density at radius 3 is 2.71 bits per heavy atom. The molecule has 8 nitrogen and oxygen atoms in total. The molecule has 4 aromatic rings. The van der Waals surface area contributed by atoms with Crippen LogP contribution in [0.15, 0.2) is 59.5 Å². The highest BCUT2D eigenvalue weighted by Crippen LogP contribution is 2.20. The third-order valence-corrected chi connectivity index (χ3v) is 5.41. The number of nitrogens with zero attached hydrogens (tertiary/aromatic N) is 4. The van der Waals surface area contributed by atoms with Crippen molar-refractivity contribution in [3.05, 3.63) is 76.5 Å². The van der Waals surface area contributed by atoms with Crippen LogP contribution in [0.3, 0.4) is 0 Å². The highest BCUT2D eigenvalue weighted by atomic mass is 19.1. The molecular formula is C22H18FN5O3. The van der Waals surface area contributed by atoms with E-state index in [1.165, 1.54) is 22.9 Å². The van der Waals surface area contributed by atoms with Gasteiger partial charge in [-0.1, -0.05) is 5.21 Å². The maximum atomic E-state index is 13.5. The second-order valence-corrected chi connectivity index (χ2v) is 7.53. The number of rotatable bonds is 3. The fraction of sp³-hybridized carbons (Fsp3) is 0.182. The Morgan fingerprint density at radius 1 is 1.16 bits per heavy atom. The van der Waals surface area contributed by atoms with Gasteiger partial charge in [0.15, 0.2) is 0 Å². The molecule has 0 aliphatic carbocycles. The molecule has 1 aliphatic rings. The summed E-state index contributed by atoms with van der Waals surface area (Å²) in [7, 11) is 0. The van der Waals surface area contributed by atoms with Crippen molar-refractivity contribution in [3.63, 3.8) is 0 Å². The van der Waals surface area contributed by atoms with Crippen molar-refractivity contribution < 1.29 is 14.3 Å². The van der Waals surface area contributed by atoms with E-state index in [1.807, 2.05) is 0 Å². The minimum absolute atomic E-state index is 0.127. The fourth-order valence-corrected chi connectivity index (χ4v) is 3.75. The smallest absolute Gasteiger partial charge is 0.258 e. The number of β-amino-alcohol motifs (C(OH)–C–C–N with tert-alkyl or cyclic N) is 1. The van der Waals surface area contributed by atoms with Crippen molar-refractivity contribution in [2.75, 3.05) is 13.1 Å². The highest BCUT2D eigenvalue weighted by Gasteiger charge is 2.25. The van der Waals surface area contributed by atoms with Gasteiger partial charge in [-0.2, -0.15) is 0 Å². The first-order valence-corrected chi connectivity index (χ1v) is 9.81. The largest absolute Gasteiger partial charge is 0.391 e. The summed E-state index contributed by atoms with van der Waals surface area (Å²) < 4.78 is 15.0. The molecule has 1 saturated heterocycles. The Bertz CT molecular complexity index is 1350. The Morgan fingerprint density at radius 2 is 1.97 bits per heavy atom. The van der Waals surface area contributed by atoms with Crippen molar-refractivity contribution in [1.29, 1.82) is 0 Å². The predicted octanol–water partition coefficient (Wildman–Crippen LogP) is 2.12. The number of aliphatic hydroxyl groups excluding tert-OH is 1. The first-order valence-electron chi connectivity index (χ1n) is 9.81. The molecule has 1 aliphatic heterocycles. The summed E-state index contributed by atoms with van der Waals surface area (Å²) in [6.45, 7) is 0.885. The molecule has 0 spiro atoms. The number of carbonyl (C=O) groups is 1. The van der Waals surface area contributed by atoms with E-state index in [2.05, 4.69) is 15.3 Å². The first kappa shape index (κ1) is 19.1. The van der Waals surface area contributed by atoms with Crippen LogP contribution < -0.4 is 5.56 Å². The van der Waals surface area contributed by atoms with E-state index >= 15 is 0 Å². The Kier molecular flexibility index (Phi) is 4.59. The third kappa shape index (κ3) is 3.59. The fourth-order valence-electron chi connectivity index (χ4n) is 3.75. The van der Waals surface area contributed by atoms with Crippen molar-refractivity contribution in [1.82, 2.24) is 24.9 Å². The molecule has 1 atom stereocenters. The van der Waals surface area contributed by atoms with Crippen molar-refractivity contribution in [2.45, 2.75) is 12.5 Å². The number of carbonyl (C=O) groups excluding carboxylic acids is 1. The van der Waals surface area contributed by atoms with Crippen LogP contribution in [0.2, 0.25) is 0 Å². The SMILES string of the molecule is O=C(c1ccc(-n2cc(-c3cc4cc(F)ccc4[nH]c3=O)nn2)cc1)N1CC[C@@H](O)C1. The van der Waals surface area contributed by atoms with Crippen LogP contribution in [0, 0.1) is 5.82 Å². The number of aromatic amines is 1. The normalized spacial score (nSPS) is 16.2.